The molecule has 2 aliphatic rings. The number of nitrogens with two attached hydrogens (primary N) is 1. The second-order valence-electron chi connectivity index (χ2n) is 4.64. The third-order valence-electron chi connectivity index (χ3n) is 3.75. The van der Waals surface area contributed by atoms with Crippen LogP contribution in [0.3, 0.4) is 0 Å². The summed E-state index contributed by atoms with van der Waals surface area (Å²) < 4.78 is 2.37. The highest BCUT2D eigenvalue weighted by Crippen LogP contribution is 2.31. The van der Waals surface area contributed by atoms with Gasteiger partial charge < -0.3 is 4.57 Å². The van der Waals surface area contributed by atoms with Crippen LogP contribution in [0.5, 0.6) is 0 Å². The monoisotopic (exact) mass is 226 g/mol. The van der Waals surface area contributed by atoms with Gasteiger partial charge in [-0.1, -0.05) is 18.2 Å². The van der Waals surface area contributed by atoms with Crippen LogP contribution in [0.4, 0.5) is 0 Å². The summed E-state index contributed by atoms with van der Waals surface area (Å²) in [6.07, 6.45) is 1.01. The van der Waals surface area contributed by atoms with E-state index in [9.17, 15) is 0 Å². The minimum Gasteiger partial charge on any atom is -0.336 e. The van der Waals surface area contributed by atoms with Crippen LogP contribution in [-0.4, -0.2) is 28.5 Å². The Morgan fingerprint density at radius 1 is 1.18 bits per heavy atom. The number of hydrogen-bond acceptors (Lipinski definition) is 3. The molecule has 0 radical (unpaired) electrons. The van der Waals surface area contributed by atoms with Gasteiger partial charge >= 0.3 is 0 Å². The van der Waals surface area contributed by atoms with Gasteiger partial charge in [0, 0.05) is 24.0 Å². The van der Waals surface area contributed by atoms with Crippen LogP contribution in [0.15, 0.2) is 29.3 Å². The topological polar surface area (TPSA) is 46.5 Å². The molecule has 2 aromatic rings. The molecule has 0 saturated carbocycles. The lowest BCUT2D eigenvalue weighted by molar-refractivity contribution is 0.422. The molecule has 2 aliphatic heterocycles. The van der Waals surface area contributed by atoms with E-state index in [1.165, 1.54) is 22.2 Å². The fourth-order valence-corrected chi connectivity index (χ4v) is 3.01. The first-order valence-corrected chi connectivity index (χ1v) is 6.03. The number of hydrazine groups is 1. The molecule has 0 aliphatic carbocycles. The highest BCUT2D eigenvalue weighted by Gasteiger charge is 2.29. The van der Waals surface area contributed by atoms with Crippen molar-refractivity contribution in [3.63, 3.8) is 0 Å². The zero-order chi connectivity index (χ0) is 11.4. The maximum atomic E-state index is 6.02. The number of para-hydroxylation sites is 1. The molecule has 17 heavy (non-hydrogen) atoms. The van der Waals surface area contributed by atoms with Gasteiger partial charge in [-0.05, 0) is 18.1 Å². The van der Waals surface area contributed by atoms with Crippen LogP contribution in [-0.2, 0) is 13.0 Å². The van der Waals surface area contributed by atoms with Gasteiger partial charge in [-0.15, -0.1) is 0 Å². The van der Waals surface area contributed by atoms with E-state index in [4.69, 9.17) is 5.84 Å². The van der Waals surface area contributed by atoms with Gasteiger partial charge in [0.2, 0.25) is 0 Å². The molecule has 3 heterocycles. The number of nitrogens with zero attached hydrogens (tertiary/aromatic N) is 3. The summed E-state index contributed by atoms with van der Waals surface area (Å²) >= 11 is 0. The van der Waals surface area contributed by atoms with Crippen molar-refractivity contribution < 1.29 is 0 Å². The van der Waals surface area contributed by atoms with Crippen LogP contribution < -0.4 is 5.84 Å². The maximum absolute atomic E-state index is 6.02. The fourth-order valence-electron chi connectivity index (χ4n) is 3.01. The average molecular weight is 226 g/mol. The number of rotatable bonds is 0. The number of amidine groups is 1. The molecule has 0 amide bonds. The largest absolute Gasteiger partial charge is 0.336 e. The first-order chi connectivity index (χ1) is 8.36. The Morgan fingerprint density at radius 3 is 3.00 bits per heavy atom. The SMILES string of the molecule is NN1CCc2c3n(c4ccccc24)CCN=C31. The van der Waals surface area contributed by atoms with E-state index in [0.29, 0.717) is 0 Å². The lowest BCUT2D eigenvalue weighted by atomic mass is 10.0. The Morgan fingerprint density at radius 2 is 2.06 bits per heavy atom. The molecule has 0 spiro atoms. The zero-order valence-corrected chi connectivity index (χ0v) is 9.56. The van der Waals surface area contributed by atoms with E-state index in [1.54, 1.807) is 5.01 Å². The van der Waals surface area contributed by atoms with E-state index in [0.717, 1.165) is 31.9 Å². The van der Waals surface area contributed by atoms with Gasteiger partial charge in [-0.2, -0.15) is 0 Å². The lowest BCUT2D eigenvalue weighted by Gasteiger charge is -2.29. The molecule has 0 atom stereocenters. The van der Waals surface area contributed by atoms with Crippen LogP contribution in [0.1, 0.15) is 11.3 Å². The fraction of sp³-hybridized carbons (Fsp3) is 0.308. The van der Waals surface area contributed by atoms with Gasteiger partial charge in [0.1, 0.15) is 0 Å². The highest BCUT2D eigenvalue weighted by molar-refractivity contribution is 6.06. The summed E-state index contributed by atoms with van der Waals surface area (Å²) in [7, 11) is 0. The van der Waals surface area contributed by atoms with E-state index in [-0.39, 0.29) is 0 Å². The normalized spacial score (nSPS) is 18.2. The van der Waals surface area contributed by atoms with E-state index in [2.05, 4.69) is 33.8 Å². The number of fused-ring (bicyclic) bond motifs is 3. The first kappa shape index (κ1) is 9.24. The summed E-state index contributed by atoms with van der Waals surface area (Å²) in [4.78, 5) is 4.57. The van der Waals surface area contributed by atoms with E-state index >= 15 is 0 Å². The first-order valence-electron chi connectivity index (χ1n) is 6.03. The molecule has 2 N–H and O–H groups in total. The number of hydrogen-bond donors (Lipinski definition) is 1. The number of aromatic nitrogens is 1. The maximum Gasteiger partial charge on any atom is 0.162 e. The predicted molar refractivity (Wildman–Crippen MR) is 67.9 cm³/mol. The number of aliphatic imine (C=N–C) groups is 1. The summed E-state index contributed by atoms with van der Waals surface area (Å²) in [6, 6.07) is 8.61. The Bertz CT molecular complexity index is 623. The summed E-state index contributed by atoms with van der Waals surface area (Å²) in [5, 5.41) is 3.15. The van der Waals surface area contributed by atoms with Crippen LogP contribution in [0.2, 0.25) is 0 Å². The van der Waals surface area contributed by atoms with Crippen molar-refractivity contribution in [1.29, 1.82) is 0 Å². The molecule has 0 saturated heterocycles. The van der Waals surface area contributed by atoms with Crippen molar-refractivity contribution in [2.75, 3.05) is 13.1 Å². The molecule has 86 valence electrons. The third kappa shape index (κ3) is 1.08. The van der Waals surface area contributed by atoms with E-state index in [1.807, 2.05) is 0 Å². The zero-order valence-electron chi connectivity index (χ0n) is 9.56. The van der Waals surface area contributed by atoms with Crippen molar-refractivity contribution in [3.05, 3.63) is 35.5 Å². The van der Waals surface area contributed by atoms with Crippen molar-refractivity contribution >= 4 is 16.7 Å². The Labute approximate surface area is 99.3 Å². The van der Waals surface area contributed by atoms with Crippen molar-refractivity contribution in [1.82, 2.24) is 9.58 Å². The minimum atomic E-state index is 0.828. The Kier molecular flexibility index (Phi) is 1.69. The van der Waals surface area contributed by atoms with Gasteiger partial charge in [0.25, 0.3) is 0 Å². The highest BCUT2D eigenvalue weighted by atomic mass is 15.4. The second-order valence-corrected chi connectivity index (χ2v) is 4.64. The smallest absolute Gasteiger partial charge is 0.162 e. The van der Waals surface area contributed by atoms with Gasteiger partial charge in [0.05, 0.1) is 12.2 Å². The van der Waals surface area contributed by atoms with Crippen molar-refractivity contribution in [2.24, 2.45) is 10.8 Å². The molecule has 4 heteroatoms. The Hall–Kier alpha value is -1.81. The molecule has 1 aromatic heterocycles. The molecule has 4 rings (SSSR count). The average Bonchev–Trinajstić information content (AvgIpc) is 2.70. The quantitative estimate of drug-likeness (QED) is 0.685. The van der Waals surface area contributed by atoms with Crippen LogP contribution >= 0.6 is 0 Å². The van der Waals surface area contributed by atoms with Gasteiger partial charge in [0.15, 0.2) is 5.84 Å². The minimum absolute atomic E-state index is 0.828. The summed E-state index contributed by atoms with van der Waals surface area (Å²) in [5.74, 6) is 6.98. The standard InChI is InChI=1S/C13H14N4/c14-17-7-5-10-9-3-1-2-4-11(9)16-8-6-15-13(17)12(10)16/h1-4H,5-8,14H2. The van der Waals surface area contributed by atoms with Crippen LogP contribution in [0, 0.1) is 0 Å². The molecule has 1 aromatic carbocycles. The molecular weight excluding hydrogens is 212 g/mol. The third-order valence-corrected chi connectivity index (χ3v) is 3.75. The van der Waals surface area contributed by atoms with Crippen molar-refractivity contribution in [2.45, 2.75) is 13.0 Å². The molecule has 4 nitrogen and oxygen atoms in total. The van der Waals surface area contributed by atoms with Crippen molar-refractivity contribution in [3.8, 4) is 0 Å². The molecule has 0 unspecified atom stereocenters. The summed E-state index contributed by atoms with van der Waals surface area (Å²) in [6.45, 7) is 2.65. The van der Waals surface area contributed by atoms with Crippen LogP contribution in [0.25, 0.3) is 10.9 Å². The number of benzene rings is 1. The Balaban J connectivity index is 2.14. The van der Waals surface area contributed by atoms with Gasteiger partial charge in [-0.25, -0.2) is 5.84 Å². The second kappa shape index (κ2) is 3.11. The summed E-state index contributed by atoms with van der Waals surface area (Å²) in [5.41, 5.74) is 3.98. The lowest BCUT2D eigenvalue weighted by Crippen LogP contribution is -2.45. The molecule has 0 fully saturated rings. The molecular formula is C13H14N4. The van der Waals surface area contributed by atoms with E-state index < -0.39 is 0 Å². The molecule has 0 bridgehead atoms. The van der Waals surface area contributed by atoms with Gasteiger partial charge in [-0.3, -0.25) is 10.0 Å². The predicted octanol–water partition coefficient (Wildman–Crippen LogP) is 1.13.